The van der Waals surface area contributed by atoms with Crippen molar-refractivity contribution in [2.75, 3.05) is 53.4 Å². The van der Waals surface area contributed by atoms with Gasteiger partial charge in [-0.05, 0) is 56.4 Å². The van der Waals surface area contributed by atoms with Crippen LogP contribution in [-0.2, 0) is 4.79 Å². The van der Waals surface area contributed by atoms with Crippen LogP contribution < -0.4 is 19.1 Å². The Hall–Kier alpha value is -2.81. The predicted molar refractivity (Wildman–Crippen MR) is 138 cm³/mol. The molecule has 0 spiro atoms. The van der Waals surface area contributed by atoms with E-state index in [1.807, 2.05) is 56.3 Å². The first kappa shape index (κ1) is 26.4. The quantitative estimate of drug-likeness (QED) is 0.406. The summed E-state index contributed by atoms with van der Waals surface area (Å²) in [6.07, 6.45) is 3.33. The predicted octanol–water partition coefficient (Wildman–Crippen LogP) is 4.66. The Morgan fingerprint density at radius 3 is 2.30 bits per heavy atom. The van der Waals surface area contributed by atoms with Gasteiger partial charge >= 0.3 is 0 Å². The van der Waals surface area contributed by atoms with Crippen LogP contribution in [0.1, 0.15) is 11.1 Å². The molecule has 0 N–H and O–H groups in total. The normalized spacial score (nSPS) is 11.0. The van der Waals surface area contributed by atoms with Crippen LogP contribution in [0.5, 0.6) is 17.2 Å². The number of carbonyl (C=O) groups excluding carboxylic acids is 1. The van der Waals surface area contributed by atoms with Gasteiger partial charge in [-0.2, -0.15) is 0 Å². The molecule has 0 aliphatic carbocycles. The summed E-state index contributed by atoms with van der Waals surface area (Å²) in [4.78, 5) is 21.7. The molecule has 2 aromatic carbocycles. The van der Waals surface area contributed by atoms with E-state index in [1.54, 1.807) is 38.4 Å². The van der Waals surface area contributed by atoms with Crippen LogP contribution in [-0.4, -0.2) is 64.3 Å². The third-order valence-electron chi connectivity index (χ3n) is 5.01. The fourth-order valence-electron chi connectivity index (χ4n) is 3.19. The number of fused-ring (bicyclic) bond motifs is 1. The second kappa shape index (κ2) is 11.9. The molecule has 1 aromatic heterocycles. The van der Waals surface area contributed by atoms with Crippen molar-refractivity contribution >= 4 is 51.1 Å². The number of aryl methyl sites for hydroxylation is 1. The number of aromatic nitrogens is 1. The zero-order valence-electron chi connectivity index (χ0n) is 19.7. The van der Waals surface area contributed by atoms with Gasteiger partial charge in [0.1, 0.15) is 11.3 Å². The standard InChI is InChI=1S/C24H29N3O4S.ClH/c1-16-7-10-19(30-5)22-23(16)32-24(25-22)27(14-13-26(2)3)21(28)12-9-17-8-11-18(29-4)20(15-17)31-6;/h7-12,15H,13-14H2,1-6H3;1H. The van der Waals surface area contributed by atoms with Crippen molar-refractivity contribution in [3.05, 3.63) is 47.5 Å². The molecule has 0 radical (unpaired) electrons. The lowest BCUT2D eigenvalue weighted by Crippen LogP contribution is -2.35. The molecule has 0 saturated heterocycles. The Kier molecular flexibility index (Phi) is 9.52. The van der Waals surface area contributed by atoms with Gasteiger partial charge in [-0.15, -0.1) is 12.4 Å². The van der Waals surface area contributed by atoms with Gasteiger partial charge in [-0.3, -0.25) is 9.69 Å². The lowest BCUT2D eigenvalue weighted by atomic mass is 10.2. The van der Waals surface area contributed by atoms with E-state index in [4.69, 9.17) is 19.2 Å². The first-order valence-electron chi connectivity index (χ1n) is 10.2. The molecule has 0 aliphatic rings. The molecule has 0 unspecified atom stereocenters. The van der Waals surface area contributed by atoms with Gasteiger partial charge in [0.25, 0.3) is 5.91 Å². The molecular weight excluding hydrogens is 462 g/mol. The van der Waals surface area contributed by atoms with Gasteiger partial charge in [0.2, 0.25) is 0 Å². The summed E-state index contributed by atoms with van der Waals surface area (Å²) in [6.45, 7) is 3.26. The highest BCUT2D eigenvalue weighted by molar-refractivity contribution is 7.22. The number of amides is 1. The maximum Gasteiger partial charge on any atom is 0.252 e. The molecule has 0 bridgehead atoms. The number of carbonyl (C=O) groups is 1. The molecule has 1 amide bonds. The van der Waals surface area contributed by atoms with E-state index in [-0.39, 0.29) is 18.3 Å². The molecule has 3 aromatic rings. The van der Waals surface area contributed by atoms with Gasteiger partial charge in [-0.25, -0.2) is 4.98 Å². The van der Waals surface area contributed by atoms with Crippen molar-refractivity contribution in [2.24, 2.45) is 0 Å². The number of methoxy groups -OCH3 is 3. The molecule has 0 aliphatic heterocycles. The van der Waals surface area contributed by atoms with Gasteiger partial charge in [0.15, 0.2) is 16.6 Å². The Morgan fingerprint density at radius 2 is 1.67 bits per heavy atom. The summed E-state index contributed by atoms with van der Waals surface area (Å²) >= 11 is 1.50. The van der Waals surface area contributed by atoms with Crippen LogP contribution in [0, 0.1) is 6.92 Å². The maximum absolute atomic E-state index is 13.2. The number of ether oxygens (including phenoxy) is 3. The Bertz CT molecular complexity index is 1130. The lowest BCUT2D eigenvalue weighted by Gasteiger charge is -2.20. The SMILES string of the molecule is COc1ccc(C=CC(=O)N(CCN(C)C)c2nc3c(OC)ccc(C)c3s2)cc1OC.Cl. The molecule has 33 heavy (non-hydrogen) atoms. The van der Waals surface area contributed by atoms with E-state index < -0.39 is 0 Å². The molecule has 3 rings (SSSR count). The van der Waals surface area contributed by atoms with Crippen molar-refractivity contribution in [2.45, 2.75) is 6.92 Å². The first-order chi connectivity index (χ1) is 15.4. The van der Waals surface area contributed by atoms with Gasteiger partial charge in [-0.1, -0.05) is 23.5 Å². The Labute approximate surface area is 205 Å². The number of hydrogen-bond acceptors (Lipinski definition) is 7. The molecule has 7 nitrogen and oxygen atoms in total. The van der Waals surface area contributed by atoms with Gasteiger partial charge < -0.3 is 19.1 Å². The smallest absolute Gasteiger partial charge is 0.252 e. The third kappa shape index (κ3) is 6.16. The van der Waals surface area contributed by atoms with E-state index >= 15 is 0 Å². The number of thiazole rings is 1. The number of hydrogen-bond donors (Lipinski definition) is 0. The van der Waals surface area contributed by atoms with E-state index in [1.165, 1.54) is 11.3 Å². The zero-order chi connectivity index (χ0) is 23.3. The number of likely N-dealkylation sites (N-methyl/N-ethyl adjacent to an activating group) is 1. The molecule has 178 valence electrons. The highest BCUT2D eigenvalue weighted by atomic mass is 35.5. The van der Waals surface area contributed by atoms with E-state index in [0.717, 1.165) is 21.3 Å². The van der Waals surface area contributed by atoms with Gasteiger partial charge in [0.05, 0.1) is 26.0 Å². The van der Waals surface area contributed by atoms with Crippen LogP contribution in [0.4, 0.5) is 5.13 Å². The van der Waals surface area contributed by atoms with Crippen molar-refractivity contribution in [1.82, 2.24) is 9.88 Å². The molecule has 0 atom stereocenters. The molecule has 9 heteroatoms. The topological polar surface area (TPSA) is 64.1 Å². The molecule has 0 fully saturated rings. The second-order valence-electron chi connectivity index (χ2n) is 7.50. The summed E-state index contributed by atoms with van der Waals surface area (Å²) in [5.74, 6) is 1.81. The number of halogens is 1. The summed E-state index contributed by atoms with van der Waals surface area (Å²) in [5.41, 5.74) is 2.72. The van der Waals surface area contributed by atoms with Crippen molar-refractivity contribution in [3.8, 4) is 17.2 Å². The average Bonchev–Trinajstić information content (AvgIpc) is 3.23. The van der Waals surface area contributed by atoms with Crippen molar-refractivity contribution in [1.29, 1.82) is 0 Å². The minimum absolute atomic E-state index is 0. The van der Waals surface area contributed by atoms with Crippen LogP contribution >= 0.6 is 23.7 Å². The van der Waals surface area contributed by atoms with E-state index in [0.29, 0.717) is 35.5 Å². The third-order valence-corrected chi connectivity index (χ3v) is 6.22. The minimum Gasteiger partial charge on any atom is -0.494 e. The first-order valence-corrected chi connectivity index (χ1v) is 11.0. The molecule has 1 heterocycles. The summed E-state index contributed by atoms with van der Waals surface area (Å²) in [5, 5.41) is 0.649. The lowest BCUT2D eigenvalue weighted by molar-refractivity contribution is -0.114. The van der Waals surface area contributed by atoms with E-state index in [2.05, 4.69) is 0 Å². The minimum atomic E-state index is -0.141. The summed E-state index contributed by atoms with van der Waals surface area (Å²) < 4.78 is 17.1. The van der Waals surface area contributed by atoms with Gasteiger partial charge in [0, 0.05) is 19.2 Å². The summed E-state index contributed by atoms with van der Waals surface area (Å²) in [6, 6.07) is 9.44. The molecular formula is C24H30ClN3O4S. The largest absolute Gasteiger partial charge is 0.494 e. The number of rotatable bonds is 9. The summed E-state index contributed by atoms with van der Waals surface area (Å²) in [7, 11) is 8.77. The van der Waals surface area contributed by atoms with Crippen molar-refractivity contribution in [3.63, 3.8) is 0 Å². The van der Waals surface area contributed by atoms with Crippen molar-refractivity contribution < 1.29 is 19.0 Å². The van der Waals surface area contributed by atoms with Crippen LogP contribution in [0.15, 0.2) is 36.4 Å². The Balaban J connectivity index is 0.00000385. The number of anilines is 1. The average molecular weight is 492 g/mol. The Morgan fingerprint density at radius 1 is 1.00 bits per heavy atom. The van der Waals surface area contributed by atoms with Crippen LogP contribution in [0.3, 0.4) is 0 Å². The number of benzene rings is 2. The van der Waals surface area contributed by atoms with Crippen LogP contribution in [0.25, 0.3) is 16.3 Å². The monoisotopic (exact) mass is 491 g/mol. The van der Waals surface area contributed by atoms with Crippen LogP contribution in [0.2, 0.25) is 0 Å². The van der Waals surface area contributed by atoms with E-state index in [9.17, 15) is 4.79 Å². The zero-order valence-corrected chi connectivity index (χ0v) is 21.4. The number of nitrogens with zero attached hydrogens (tertiary/aromatic N) is 3. The highest BCUT2D eigenvalue weighted by Gasteiger charge is 2.20. The molecule has 0 saturated carbocycles. The fourth-order valence-corrected chi connectivity index (χ4v) is 4.28. The maximum atomic E-state index is 13.2. The second-order valence-corrected chi connectivity index (χ2v) is 8.48. The highest BCUT2D eigenvalue weighted by Crippen LogP contribution is 2.36. The fraction of sp³-hybridized carbons (Fsp3) is 0.333.